The van der Waals surface area contributed by atoms with Gasteiger partial charge in [0.2, 0.25) is 5.91 Å². The Hall–Kier alpha value is -2.44. The fourth-order valence-corrected chi connectivity index (χ4v) is 2.27. The van der Waals surface area contributed by atoms with Crippen molar-refractivity contribution in [3.05, 3.63) is 69.2 Å². The minimum Gasteiger partial charge on any atom is -0.319 e. The van der Waals surface area contributed by atoms with Crippen molar-refractivity contribution in [3.63, 3.8) is 0 Å². The van der Waals surface area contributed by atoms with E-state index < -0.39 is 4.92 Å². The lowest BCUT2D eigenvalue weighted by Gasteiger charge is -2.14. The summed E-state index contributed by atoms with van der Waals surface area (Å²) in [5.41, 5.74) is 0.999. The van der Waals surface area contributed by atoms with Crippen LogP contribution in [0.15, 0.2) is 48.5 Å². The summed E-state index contributed by atoms with van der Waals surface area (Å²) in [5, 5.41) is 17.1. The van der Waals surface area contributed by atoms with Gasteiger partial charge < -0.3 is 10.6 Å². The number of amides is 1. The van der Waals surface area contributed by atoms with Crippen molar-refractivity contribution in [3.8, 4) is 0 Å². The van der Waals surface area contributed by atoms with E-state index in [2.05, 4.69) is 10.6 Å². The van der Waals surface area contributed by atoms with Crippen molar-refractivity contribution in [2.45, 2.75) is 13.0 Å². The zero-order valence-corrected chi connectivity index (χ0v) is 13.2. The number of nitrogens with one attached hydrogen (secondary N) is 2. The number of halogens is 1. The lowest BCUT2D eigenvalue weighted by atomic mass is 10.1. The molecule has 2 aromatic rings. The van der Waals surface area contributed by atoms with Crippen LogP contribution in [-0.2, 0) is 4.79 Å². The minimum absolute atomic E-state index is 0.0275. The smallest absolute Gasteiger partial charge is 0.292 e. The maximum Gasteiger partial charge on any atom is 0.292 e. The second-order valence-electron chi connectivity index (χ2n) is 4.98. The molecular formula is C16H16ClN3O3. The van der Waals surface area contributed by atoms with E-state index in [1.807, 2.05) is 25.1 Å². The lowest BCUT2D eigenvalue weighted by Crippen LogP contribution is -2.30. The third-order valence-electron chi connectivity index (χ3n) is 3.29. The van der Waals surface area contributed by atoms with Crippen LogP contribution in [0, 0.1) is 10.1 Å². The normalized spacial score (nSPS) is 11.7. The van der Waals surface area contributed by atoms with Gasteiger partial charge >= 0.3 is 0 Å². The number of nitro groups is 1. The molecule has 1 atom stereocenters. The monoisotopic (exact) mass is 333 g/mol. The molecule has 0 saturated heterocycles. The first-order valence-corrected chi connectivity index (χ1v) is 7.37. The van der Waals surface area contributed by atoms with Crippen molar-refractivity contribution in [1.29, 1.82) is 0 Å². The van der Waals surface area contributed by atoms with E-state index in [-0.39, 0.29) is 29.9 Å². The zero-order valence-electron chi connectivity index (χ0n) is 12.5. The SMILES string of the molecule is C[C@@H](NCC(=O)Nc1ccccc1[N+](=O)[O-])c1cccc(Cl)c1. The van der Waals surface area contributed by atoms with Gasteiger partial charge in [0.05, 0.1) is 11.5 Å². The number of carbonyl (C=O) groups is 1. The van der Waals surface area contributed by atoms with Crippen LogP contribution < -0.4 is 10.6 Å². The second-order valence-corrected chi connectivity index (χ2v) is 5.42. The molecule has 0 unspecified atom stereocenters. The Morgan fingerprint density at radius 1 is 1.26 bits per heavy atom. The van der Waals surface area contributed by atoms with E-state index in [0.29, 0.717) is 5.02 Å². The Balaban J connectivity index is 1.94. The first kappa shape index (κ1) is 16.9. The molecule has 1 amide bonds. The largest absolute Gasteiger partial charge is 0.319 e. The van der Waals surface area contributed by atoms with Gasteiger partial charge in [0.25, 0.3) is 5.69 Å². The Morgan fingerprint density at radius 2 is 2.00 bits per heavy atom. The molecule has 0 aromatic heterocycles. The van der Waals surface area contributed by atoms with Gasteiger partial charge in [-0.3, -0.25) is 14.9 Å². The molecule has 0 aliphatic carbocycles. The van der Waals surface area contributed by atoms with Crippen LogP contribution in [0.1, 0.15) is 18.5 Å². The quantitative estimate of drug-likeness (QED) is 0.625. The number of nitrogens with zero attached hydrogens (tertiary/aromatic N) is 1. The van der Waals surface area contributed by atoms with Crippen LogP contribution in [-0.4, -0.2) is 17.4 Å². The van der Waals surface area contributed by atoms with Gasteiger partial charge in [0.1, 0.15) is 5.69 Å². The summed E-state index contributed by atoms with van der Waals surface area (Å²) in [7, 11) is 0. The molecular weight excluding hydrogens is 318 g/mol. The number of para-hydroxylation sites is 2. The second kappa shape index (κ2) is 7.71. The number of benzene rings is 2. The summed E-state index contributed by atoms with van der Waals surface area (Å²) >= 11 is 5.94. The molecule has 2 aromatic carbocycles. The average molecular weight is 334 g/mol. The average Bonchev–Trinajstić information content (AvgIpc) is 2.53. The summed E-state index contributed by atoms with van der Waals surface area (Å²) in [4.78, 5) is 22.3. The number of anilines is 1. The molecule has 2 rings (SSSR count). The summed E-state index contributed by atoms with van der Waals surface area (Å²) in [6.45, 7) is 1.93. The highest BCUT2D eigenvalue weighted by Gasteiger charge is 2.15. The molecule has 6 nitrogen and oxygen atoms in total. The third-order valence-corrected chi connectivity index (χ3v) is 3.53. The molecule has 7 heteroatoms. The van der Waals surface area contributed by atoms with Gasteiger partial charge in [-0.05, 0) is 30.7 Å². The molecule has 0 spiro atoms. The van der Waals surface area contributed by atoms with E-state index in [0.717, 1.165) is 5.56 Å². The van der Waals surface area contributed by atoms with Crippen LogP contribution in [0.2, 0.25) is 5.02 Å². The number of hydrogen-bond donors (Lipinski definition) is 2. The number of hydrogen-bond acceptors (Lipinski definition) is 4. The fourth-order valence-electron chi connectivity index (χ4n) is 2.07. The van der Waals surface area contributed by atoms with Crippen LogP contribution in [0.5, 0.6) is 0 Å². The van der Waals surface area contributed by atoms with Gasteiger partial charge in [0.15, 0.2) is 0 Å². The number of carbonyl (C=O) groups excluding carboxylic acids is 1. The summed E-state index contributed by atoms with van der Waals surface area (Å²) in [6.07, 6.45) is 0. The molecule has 23 heavy (non-hydrogen) atoms. The maximum atomic E-state index is 12.0. The molecule has 0 radical (unpaired) electrons. The van der Waals surface area contributed by atoms with Gasteiger partial charge in [-0.15, -0.1) is 0 Å². The van der Waals surface area contributed by atoms with Crippen LogP contribution >= 0.6 is 11.6 Å². The van der Waals surface area contributed by atoms with Crippen LogP contribution in [0.3, 0.4) is 0 Å². The van der Waals surface area contributed by atoms with Gasteiger partial charge in [-0.2, -0.15) is 0 Å². The van der Waals surface area contributed by atoms with Gasteiger partial charge in [-0.25, -0.2) is 0 Å². The van der Waals surface area contributed by atoms with Crippen molar-refractivity contribution in [2.24, 2.45) is 0 Å². The van der Waals surface area contributed by atoms with Crippen molar-refractivity contribution >= 4 is 28.9 Å². The first-order chi connectivity index (χ1) is 11.0. The number of rotatable bonds is 6. The predicted molar refractivity (Wildman–Crippen MR) is 89.6 cm³/mol. The Labute approximate surface area is 138 Å². The van der Waals surface area contributed by atoms with E-state index in [4.69, 9.17) is 11.6 Å². The summed E-state index contributed by atoms with van der Waals surface area (Å²) < 4.78 is 0. The topological polar surface area (TPSA) is 84.3 Å². The van der Waals surface area contributed by atoms with Crippen LogP contribution in [0.25, 0.3) is 0 Å². The molecule has 0 fully saturated rings. The van der Waals surface area contributed by atoms with Crippen molar-refractivity contribution < 1.29 is 9.72 Å². The predicted octanol–water partition coefficient (Wildman–Crippen LogP) is 3.54. The highest BCUT2D eigenvalue weighted by atomic mass is 35.5. The van der Waals surface area contributed by atoms with E-state index >= 15 is 0 Å². The first-order valence-electron chi connectivity index (χ1n) is 6.99. The van der Waals surface area contributed by atoms with E-state index in [9.17, 15) is 14.9 Å². The summed E-state index contributed by atoms with van der Waals surface area (Å²) in [6, 6.07) is 13.3. The van der Waals surface area contributed by atoms with E-state index in [1.165, 1.54) is 12.1 Å². The molecule has 0 saturated carbocycles. The third kappa shape index (κ3) is 4.77. The standard InChI is InChI=1S/C16H16ClN3O3/c1-11(12-5-4-6-13(17)9-12)18-10-16(21)19-14-7-2-3-8-15(14)20(22)23/h2-9,11,18H,10H2,1H3,(H,19,21)/t11-/m1/s1. The molecule has 120 valence electrons. The van der Waals surface area contributed by atoms with Crippen molar-refractivity contribution in [2.75, 3.05) is 11.9 Å². The lowest BCUT2D eigenvalue weighted by molar-refractivity contribution is -0.383. The zero-order chi connectivity index (χ0) is 16.8. The molecule has 0 aliphatic heterocycles. The van der Waals surface area contributed by atoms with Crippen molar-refractivity contribution in [1.82, 2.24) is 5.32 Å². The summed E-state index contributed by atoms with van der Waals surface area (Å²) in [5.74, 6) is -0.354. The Kier molecular flexibility index (Phi) is 5.67. The molecule has 2 N–H and O–H groups in total. The maximum absolute atomic E-state index is 12.0. The minimum atomic E-state index is -0.530. The fraction of sp³-hybridized carbons (Fsp3) is 0.188. The number of nitro benzene ring substituents is 1. The van der Waals surface area contributed by atoms with Gasteiger partial charge in [0, 0.05) is 17.1 Å². The molecule has 0 heterocycles. The van der Waals surface area contributed by atoms with E-state index in [1.54, 1.807) is 18.2 Å². The van der Waals surface area contributed by atoms with Gasteiger partial charge in [-0.1, -0.05) is 35.9 Å². The Morgan fingerprint density at radius 3 is 2.70 bits per heavy atom. The molecule has 0 bridgehead atoms. The highest BCUT2D eigenvalue weighted by molar-refractivity contribution is 6.30. The molecule has 0 aliphatic rings. The Bertz CT molecular complexity index is 721. The van der Waals surface area contributed by atoms with Crippen LogP contribution in [0.4, 0.5) is 11.4 Å². The highest BCUT2D eigenvalue weighted by Crippen LogP contribution is 2.23.